The molecule has 0 bridgehead atoms. The minimum Gasteiger partial charge on any atom is -0.324 e. The second-order valence-corrected chi connectivity index (χ2v) is 7.13. The van der Waals surface area contributed by atoms with Crippen LogP contribution in [0.5, 0.6) is 0 Å². The predicted octanol–water partition coefficient (Wildman–Crippen LogP) is 3.84. The summed E-state index contributed by atoms with van der Waals surface area (Å²) in [6.45, 7) is 3.93. The lowest BCUT2D eigenvalue weighted by atomic mass is 10.2. The summed E-state index contributed by atoms with van der Waals surface area (Å²) in [4.78, 5) is 29.6. The number of anilines is 1. The van der Waals surface area contributed by atoms with E-state index in [9.17, 15) is 9.59 Å². The van der Waals surface area contributed by atoms with Gasteiger partial charge in [0, 0.05) is 11.6 Å². The van der Waals surface area contributed by atoms with Gasteiger partial charge in [-0.15, -0.1) is 6.58 Å². The van der Waals surface area contributed by atoms with Crippen LogP contribution in [0.1, 0.15) is 5.56 Å². The fourth-order valence-corrected chi connectivity index (χ4v) is 3.56. The Hall–Kier alpha value is -3.08. The Kier molecular flexibility index (Phi) is 6.14. The number of fused-ring (bicyclic) bond motifs is 1. The highest BCUT2D eigenvalue weighted by Crippen LogP contribution is 2.21. The van der Waals surface area contributed by atoms with E-state index in [1.165, 1.54) is 4.57 Å². The van der Waals surface area contributed by atoms with Crippen molar-refractivity contribution < 1.29 is 4.79 Å². The summed E-state index contributed by atoms with van der Waals surface area (Å²) in [5.74, 6) is -0.272. The SMILES string of the molecule is C=CCn1c(SCC(=O)Nc2ccccc2C#N)nc2ccc(Cl)cc2c1=O. The van der Waals surface area contributed by atoms with Crippen LogP contribution in [0.4, 0.5) is 5.69 Å². The van der Waals surface area contributed by atoms with Gasteiger partial charge in [0.1, 0.15) is 6.07 Å². The normalized spacial score (nSPS) is 10.4. The molecule has 3 rings (SSSR count). The molecule has 0 saturated heterocycles. The van der Waals surface area contributed by atoms with Gasteiger partial charge in [0.05, 0.1) is 27.9 Å². The molecule has 1 aromatic heterocycles. The van der Waals surface area contributed by atoms with Crippen LogP contribution < -0.4 is 10.9 Å². The molecule has 1 heterocycles. The zero-order valence-corrected chi connectivity index (χ0v) is 16.3. The molecule has 0 aliphatic rings. The maximum absolute atomic E-state index is 12.8. The van der Waals surface area contributed by atoms with E-state index < -0.39 is 0 Å². The summed E-state index contributed by atoms with van der Waals surface area (Å²) < 4.78 is 1.45. The first-order valence-corrected chi connectivity index (χ1v) is 9.62. The first-order chi connectivity index (χ1) is 13.5. The number of para-hydroxylation sites is 1. The fourth-order valence-electron chi connectivity index (χ4n) is 2.58. The number of amides is 1. The number of carbonyl (C=O) groups excluding carboxylic acids is 1. The van der Waals surface area contributed by atoms with Crippen molar-refractivity contribution in [2.45, 2.75) is 11.7 Å². The number of hydrogen-bond donors (Lipinski definition) is 1. The molecular weight excluding hydrogens is 396 g/mol. The predicted molar refractivity (Wildman–Crippen MR) is 112 cm³/mol. The molecule has 0 saturated carbocycles. The molecule has 28 heavy (non-hydrogen) atoms. The van der Waals surface area contributed by atoms with E-state index in [-0.39, 0.29) is 23.8 Å². The Balaban J connectivity index is 1.85. The van der Waals surface area contributed by atoms with Gasteiger partial charge in [-0.2, -0.15) is 5.26 Å². The molecule has 0 aliphatic heterocycles. The number of hydrogen-bond acceptors (Lipinski definition) is 5. The monoisotopic (exact) mass is 410 g/mol. The molecule has 0 radical (unpaired) electrons. The molecular formula is C20H15ClN4O2S. The summed E-state index contributed by atoms with van der Waals surface area (Å²) in [6, 6.07) is 13.7. The summed E-state index contributed by atoms with van der Waals surface area (Å²) >= 11 is 7.12. The molecule has 1 N–H and O–H groups in total. The quantitative estimate of drug-likeness (QED) is 0.379. The van der Waals surface area contributed by atoms with Crippen LogP contribution in [0.25, 0.3) is 10.9 Å². The van der Waals surface area contributed by atoms with Gasteiger partial charge in [-0.3, -0.25) is 14.2 Å². The van der Waals surface area contributed by atoms with E-state index in [1.807, 2.05) is 6.07 Å². The summed E-state index contributed by atoms with van der Waals surface area (Å²) in [7, 11) is 0. The number of nitrogens with one attached hydrogen (secondary N) is 1. The molecule has 1 amide bonds. The van der Waals surface area contributed by atoms with Crippen LogP contribution in [-0.2, 0) is 11.3 Å². The summed E-state index contributed by atoms with van der Waals surface area (Å²) in [5, 5.41) is 13.1. The van der Waals surface area contributed by atoms with Crippen molar-refractivity contribution in [3.63, 3.8) is 0 Å². The lowest BCUT2D eigenvalue weighted by molar-refractivity contribution is -0.113. The Morgan fingerprint density at radius 1 is 1.36 bits per heavy atom. The zero-order valence-electron chi connectivity index (χ0n) is 14.7. The smallest absolute Gasteiger partial charge is 0.262 e. The van der Waals surface area contributed by atoms with Crippen LogP contribution in [0.15, 0.2) is 65.1 Å². The number of rotatable bonds is 6. The highest BCUT2D eigenvalue weighted by atomic mass is 35.5. The van der Waals surface area contributed by atoms with E-state index >= 15 is 0 Å². The largest absolute Gasteiger partial charge is 0.324 e. The number of thioether (sulfide) groups is 1. The summed E-state index contributed by atoms with van der Waals surface area (Å²) in [5.41, 5.74) is 1.09. The summed E-state index contributed by atoms with van der Waals surface area (Å²) in [6.07, 6.45) is 1.59. The van der Waals surface area contributed by atoms with Crippen molar-refractivity contribution >= 4 is 45.9 Å². The molecule has 0 atom stereocenters. The van der Waals surface area contributed by atoms with Crippen LogP contribution in [0, 0.1) is 11.3 Å². The van der Waals surface area contributed by atoms with Gasteiger partial charge in [0.2, 0.25) is 5.91 Å². The topological polar surface area (TPSA) is 87.8 Å². The third kappa shape index (κ3) is 4.25. The number of nitriles is 1. The van der Waals surface area contributed by atoms with Gasteiger partial charge in [0.25, 0.3) is 5.56 Å². The van der Waals surface area contributed by atoms with Gasteiger partial charge >= 0.3 is 0 Å². The lowest BCUT2D eigenvalue weighted by Gasteiger charge is -2.12. The Morgan fingerprint density at radius 2 is 2.14 bits per heavy atom. The Labute approximate surface area is 170 Å². The number of allylic oxidation sites excluding steroid dienone is 1. The van der Waals surface area contributed by atoms with Gasteiger partial charge in [-0.05, 0) is 30.3 Å². The molecule has 8 heteroatoms. The standard InChI is InChI=1S/C20H15ClN4O2S/c1-2-9-25-19(27)15-10-14(21)7-8-17(15)24-20(25)28-12-18(26)23-16-6-4-3-5-13(16)11-22/h2-8,10H,1,9,12H2,(H,23,26). The van der Waals surface area contributed by atoms with E-state index in [0.29, 0.717) is 32.3 Å². The van der Waals surface area contributed by atoms with Gasteiger partial charge < -0.3 is 5.32 Å². The average molecular weight is 411 g/mol. The maximum Gasteiger partial charge on any atom is 0.262 e. The van der Waals surface area contributed by atoms with Crippen molar-refractivity contribution in [2.75, 3.05) is 11.1 Å². The number of benzene rings is 2. The lowest BCUT2D eigenvalue weighted by Crippen LogP contribution is -2.24. The van der Waals surface area contributed by atoms with Gasteiger partial charge in [-0.1, -0.05) is 41.6 Å². The second kappa shape index (κ2) is 8.74. The van der Waals surface area contributed by atoms with Crippen LogP contribution in [0.3, 0.4) is 0 Å². The van der Waals surface area contributed by atoms with Gasteiger partial charge in [-0.25, -0.2) is 4.98 Å². The first kappa shape index (κ1) is 19.7. The minimum absolute atomic E-state index is 0.0302. The van der Waals surface area contributed by atoms with E-state index in [0.717, 1.165) is 11.8 Å². The molecule has 0 spiro atoms. The highest BCUT2D eigenvalue weighted by molar-refractivity contribution is 7.99. The van der Waals surface area contributed by atoms with Crippen molar-refractivity contribution in [3.8, 4) is 6.07 Å². The number of halogens is 1. The first-order valence-electron chi connectivity index (χ1n) is 8.26. The second-order valence-electron chi connectivity index (χ2n) is 5.75. The third-order valence-corrected chi connectivity index (χ3v) is 5.06. The molecule has 0 unspecified atom stereocenters. The molecule has 6 nitrogen and oxygen atoms in total. The van der Waals surface area contributed by atoms with Gasteiger partial charge in [0.15, 0.2) is 5.16 Å². The van der Waals surface area contributed by atoms with E-state index in [4.69, 9.17) is 16.9 Å². The third-order valence-electron chi connectivity index (χ3n) is 3.85. The van der Waals surface area contributed by atoms with Crippen molar-refractivity contribution in [2.24, 2.45) is 0 Å². The zero-order chi connectivity index (χ0) is 20.1. The molecule has 0 fully saturated rings. The maximum atomic E-state index is 12.8. The van der Waals surface area contributed by atoms with Crippen LogP contribution in [-0.4, -0.2) is 21.2 Å². The molecule has 3 aromatic rings. The number of aromatic nitrogens is 2. The fraction of sp³-hybridized carbons (Fsp3) is 0.100. The average Bonchev–Trinajstić information content (AvgIpc) is 2.70. The molecule has 0 aliphatic carbocycles. The van der Waals surface area contributed by atoms with Crippen LogP contribution >= 0.6 is 23.4 Å². The van der Waals surface area contributed by atoms with Crippen molar-refractivity contribution in [1.82, 2.24) is 9.55 Å². The minimum atomic E-state index is -0.302. The number of nitrogens with zero attached hydrogens (tertiary/aromatic N) is 3. The van der Waals surface area contributed by atoms with E-state index in [2.05, 4.69) is 16.9 Å². The molecule has 2 aromatic carbocycles. The van der Waals surface area contributed by atoms with Crippen molar-refractivity contribution in [3.05, 3.63) is 76.1 Å². The molecule has 140 valence electrons. The Morgan fingerprint density at radius 3 is 2.89 bits per heavy atom. The number of carbonyl (C=O) groups is 1. The van der Waals surface area contributed by atoms with Crippen molar-refractivity contribution in [1.29, 1.82) is 5.26 Å². The highest BCUT2D eigenvalue weighted by Gasteiger charge is 2.14. The van der Waals surface area contributed by atoms with Crippen LogP contribution in [0.2, 0.25) is 5.02 Å². The Bertz CT molecular complexity index is 1170. The van der Waals surface area contributed by atoms with E-state index in [1.54, 1.807) is 48.5 Å².